The molecule has 2 aromatic rings. The molecule has 18 heavy (non-hydrogen) atoms. The highest BCUT2D eigenvalue weighted by Crippen LogP contribution is 2.22. The minimum atomic E-state index is 0.00677. The van der Waals surface area contributed by atoms with Gasteiger partial charge in [0, 0.05) is 23.4 Å². The van der Waals surface area contributed by atoms with Crippen LogP contribution in [0.4, 0.5) is 0 Å². The number of benzene rings is 1. The summed E-state index contributed by atoms with van der Waals surface area (Å²) in [5.41, 5.74) is 0.835. The second-order valence-corrected chi connectivity index (χ2v) is 4.77. The van der Waals surface area contributed by atoms with E-state index in [1.54, 1.807) is 12.5 Å². The van der Waals surface area contributed by atoms with Crippen LogP contribution < -0.4 is 4.74 Å². The highest BCUT2D eigenvalue weighted by atomic mass is 79.9. The fraction of sp³-hybridized carbons (Fsp3) is 0.308. The van der Waals surface area contributed by atoms with E-state index in [1.165, 1.54) is 0 Å². The summed E-state index contributed by atoms with van der Waals surface area (Å²) in [5, 5.41) is 9.14. The molecular weight excluding hydrogens is 296 g/mol. The molecule has 0 spiro atoms. The van der Waals surface area contributed by atoms with Gasteiger partial charge in [0.05, 0.1) is 19.5 Å². The third-order valence-corrected chi connectivity index (χ3v) is 3.35. The van der Waals surface area contributed by atoms with Crippen molar-refractivity contribution in [2.24, 2.45) is 0 Å². The van der Waals surface area contributed by atoms with E-state index in [1.807, 2.05) is 29.0 Å². The second-order valence-electron chi connectivity index (χ2n) is 3.91. The second kappa shape index (κ2) is 6.56. The Hall–Kier alpha value is -1.33. The van der Waals surface area contributed by atoms with Gasteiger partial charge in [0.25, 0.3) is 0 Å². The number of aryl methyl sites for hydroxylation is 1. The zero-order valence-corrected chi connectivity index (χ0v) is 11.5. The summed E-state index contributed by atoms with van der Waals surface area (Å²) < 4.78 is 8.55. The SMILES string of the molecule is OCc1cc(OCCCn2ccnc2)ccc1Br. The van der Waals surface area contributed by atoms with Crippen LogP contribution in [0.15, 0.2) is 41.4 Å². The molecule has 0 amide bonds. The van der Waals surface area contributed by atoms with Crippen molar-refractivity contribution in [3.63, 3.8) is 0 Å². The Morgan fingerprint density at radius 2 is 2.28 bits per heavy atom. The first-order valence-corrected chi connectivity index (χ1v) is 6.56. The highest BCUT2D eigenvalue weighted by Gasteiger charge is 2.01. The third kappa shape index (κ3) is 3.58. The predicted molar refractivity (Wildman–Crippen MR) is 72.4 cm³/mol. The molecule has 0 radical (unpaired) electrons. The molecule has 1 heterocycles. The van der Waals surface area contributed by atoms with E-state index < -0.39 is 0 Å². The number of hydrogen-bond acceptors (Lipinski definition) is 3. The molecule has 5 heteroatoms. The Morgan fingerprint density at radius 1 is 1.39 bits per heavy atom. The summed E-state index contributed by atoms with van der Waals surface area (Å²) in [6.07, 6.45) is 6.41. The molecule has 0 saturated heterocycles. The fourth-order valence-electron chi connectivity index (χ4n) is 1.62. The molecule has 2 rings (SSSR count). The summed E-state index contributed by atoms with van der Waals surface area (Å²) in [6.45, 7) is 1.54. The number of rotatable bonds is 6. The van der Waals surface area contributed by atoms with Gasteiger partial charge in [0.2, 0.25) is 0 Å². The molecule has 0 atom stereocenters. The van der Waals surface area contributed by atoms with Crippen LogP contribution in [-0.4, -0.2) is 21.3 Å². The first-order valence-electron chi connectivity index (χ1n) is 5.77. The van der Waals surface area contributed by atoms with Gasteiger partial charge in [-0.25, -0.2) is 4.98 Å². The van der Waals surface area contributed by atoms with Gasteiger partial charge in [-0.3, -0.25) is 0 Å². The largest absolute Gasteiger partial charge is 0.494 e. The first-order chi connectivity index (χ1) is 8.79. The first kappa shape index (κ1) is 13.1. The minimum Gasteiger partial charge on any atom is -0.494 e. The van der Waals surface area contributed by atoms with E-state index in [2.05, 4.69) is 20.9 Å². The van der Waals surface area contributed by atoms with Crippen LogP contribution in [0.5, 0.6) is 5.75 Å². The Bertz CT molecular complexity index is 486. The van der Waals surface area contributed by atoms with Gasteiger partial charge in [-0.05, 0) is 30.2 Å². The van der Waals surface area contributed by atoms with Gasteiger partial charge in [-0.2, -0.15) is 0 Å². The van der Waals surface area contributed by atoms with Gasteiger partial charge in [-0.1, -0.05) is 15.9 Å². The van der Waals surface area contributed by atoms with Crippen molar-refractivity contribution in [3.8, 4) is 5.75 Å². The van der Waals surface area contributed by atoms with E-state index in [0.29, 0.717) is 6.61 Å². The maximum Gasteiger partial charge on any atom is 0.119 e. The van der Waals surface area contributed by atoms with Gasteiger partial charge in [0.1, 0.15) is 5.75 Å². The molecule has 1 aromatic heterocycles. The van der Waals surface area contributed by atoms with E-state index in [-0.39, 0.29) is 6.61 Å². The van der Waals surface area contributed by atoms with Crippen LogP contribution in [0, 0.1) is 0 Å². The lowest BCUT2D eigenvalue weighted by molar-refractivity contribution is 0.277. The normalized spacial score (nSPS) is 10.6. The quantitative estimate of drug-likeness (QED) is 0.834. The molecule has 1 N–H and O–H groups in total. The molecule has 96 valence electrons. The van der Waals surface area contributed by atoms with E-state index in [4.69, 9.17) is 9.84 Å². The Kier molecular flexibility index (Phi) is 4.78. The summed E-state index contributed by atoms with van der Waals surface area (Å²) in [4.78, 5) is 3.98. The van der Waals surface area contributed by atoms with Crippen LogP contribution in [0.2, 0.25) is 0 Å². The van der Waals surface area contributed by atoms with E-state index in [9.17, 15) is 0 Å². The minimum absolute atomic E-state index is 0.00677. The Morgan fingerprint density at radius 3 is 3.00 bits per heavy atom. The average Bonchev–Trinajstić information content (AvgIpc) is 2.89. The van der Waals surface area contributed by atoms with Gasteiger partial charge >= 0.3 is 0 Å². The number of aromatic nitrogens is 2. The topological polar surface area (TPSA) is 47.3 Å². The molecule has 1 aromatic carbocycles. The lowest BCUT2D eigenvalue weighted by atomic mass is 10.2. The van der Waals surface area contributed by atoms with Crippen LogP contribution in [0.1, 0.15) is 12.0 Å². The molecule has 0 aliphatic carbocycles. The number of nitrogens with zero attached hydrogens (tertiary/aromatic N) is 2. The molecule has 0 saturated carbocycles. The average molecular weight is 311 g/mol. The van der Waals surface area contributed by atoms with Crippen molar-refractivity contribution in [1.82, 2.24) is 9.55 Å². The number of aliphatic hydroxyl groups is 1. The molecule has 0 unspecified atom stereocenters. The summed E-state index contributed by atoms with van der Waals surface area (Å²) in [6, 6.07) is 5.62. The van der Waals surface area contributed by atoms with Crippen molar-refractivity contribution >= 4 is 15.9 Å². The monoisotopic (exact) mass is 310 g/mol. The smallest absolute Gasteiger partial charge is 0.119 e. The number of aliphatic hydroxyl groups excluding tert-OH is 1. The Labute approximate surface area is 114 Å². The predicted octanol–water partition coefficient (Wildman–Crippen LogP) is 2.61. The van der Waals surface area contributed by atoms with Gasteiger partial charge in [0.15, 0.2) is 0 Å². The van der Waals surface area contributed by atoms with Gasteiger partial charge < -0.3 is 14.4 Å². The Balaban J connectivity index is 1.79. The van der Waals surface area contributed by atoms with Crippen LogP contribution in [0.3, 0.4) is 0 Å². The summed E-state index contributed by atoms with van der Waals surface area (Å²) in [5.74, 6) is 0.785. The van der Waals surface area contributed by atoms with Crippen molar-refractivity contribution in [3.05, 3.63) is 47.0 Å². The molecule has 4 nitrogen and oxygen atoms in total. The molecule has 0 fully saturated rings. The molecule has 0 bridgehead atoms. The maximum absolute atomic E-state index is 9.14. The van der Waals surface area contributed by atoms with Crippen LogP contribution in [-0.2, 0) is 13.2 Å². The van der Waals surface area contributed by atoms with Crippen LogP contribution in [0.25, 0.3) is 0 Å². The summed E-state index contributed by atoms with van der Waals surface area (Å²) >= 11 is 3.37. The molecular formula is C13H15BrN2O2. The van der Waals surface area contributed by atoms with Gasteiger partial charge in [-0.15, -0.1) is 0 Å². The molecule has 0 aliphatic heterocycles. The van der Waals surface area contributed by atoms with Crippen molar-refractivity contribution in [2.75, 3.05) is 6.61 Å². The lowest BCUT2D eigenvalue weighted by Crippen LogP contribution is -2.03. The van der Waals surface area contributed by atoms with Crippen molar-refractivity contribution in [2.45, 2.75) is 19.6 Å². The van der Waals surface area contributed by atoms with E-state index >= 15 is 0 Å². The zero-order valence-electron chi connectivity index (χ0n) is 9.92. The number of ether oxygens (including phenoxy) is 1. The molecule has 0 aliphatic rings. The highest BCUT2D eigenvalue weighted by molar-refractivity contribution is 9.10. The van der Waals surface area contributed by atoms with Crippen molar-refractivity contribution < 1.29 is 9.84 Å². The van der Waals surface area contributed by atoms with Crippen molar-refractivity contribution in [1.29, 1.82) is 0 Å². The third-order valence-electron chi connectivity index (χ3n) is 2.58. The number of hydrogen-bond donors (Lipinski definition) is 1. The number of halogens is 1. The van der Waals surface area contributed by atoms with E-state index in [0.717, 1.165) is 28.8 Å². The lowest BCUT2D eigenvalue weighted by Gasteiger charge is -2.08. The number of imidazole rings is 1. The fourth-order valence-corrected chi connectivity index (χ4v) is 1.99. The summed E-state index contributed by atoms with van der Waals surface area (Å²) in [7, 11) is 0. The van der Waals surface area contributed by atoms with Crippen LogP contribution >= 0.6 is 15.9 Å². The zero-order chi connectivity index (χ0) is 12.8. The maximum atomic E-state index is 9.14. The standard InChI is InChI=1S/C13H15BrN2O2/c14-13-3-2-12(8-11(13)9-17)18-7-1-5-16-6-4-15-10-16/h2-4,6,8,10,17H,1,5,7,9H2.